The summed E-state index contributed by atoms with van der Waals surface area (Å²) in [5, 5.41) is 11.5. The molecule has 6 nitrogen and oxygen atoms in total. The van der Waals surface area contributed by atoms with Crippen molar-refractivity contribution < 1.29 is 23.1 Å². The van der Waals surface area contributed by atoms with E-state index in [1.165, 1.54) is 18.6 Å². The lowest BCUT2D eigenvalue weighted by Gasteiger charge is -2.08. The largest absolute Gasteiger partial charge is 0.476 e. The van der Waals surface area contributed by atoms with E-state index in [0.29, 0.717) is 18.9 Å². The average molecular weight is 300 g/mol. The van der Waals surface area contributed by atoms with Crippen LogP contribution >= 0.6 is 0 Å². The summed E-state index contributed by atoms with van der Waals surface area (Å²) in [6.07, 6.45) is -0.923. The minimum Gasteiger partial charge on any atom is -0.476 e. The molecule has 9 heteroatoms. The van der Waals surface area contributed by atoms with E-state index < -0.39 is 17.7 Å². The van der Waals surface area contributed by atoms with Gasteiger partial charge in [0.2, 0.25) is 0 Å². The summed E-state index contributed by atoms with van der Waals surface area (Å²) >= 11 is 0. The van der Waals surface area contributed by atoms with Gasteiger partial charge in [-0.2, -0.15) is 13.2 Å². The maximum Gasteiger partial charge on any atom is 0.417 e. The second-order valence-corrected chi connectivity index (χ2v) is 4.16. The number of anilines is 1. The molecule has 2 heterocycles. The topological polar surface area (TPSA) is 80.0 Å². The highest BCUT2D eigenvalue weighted by molar-refractivity contribution is 5.84. The van der Waals surface area contributed by atoms with E-state index in [0.717, 1.165) is 12.3 Å². The second kappa shape index (κ2) is 5.81. The first-order chi connectivity index (χ1) is 9.86. The summed E-state index contributed by atoms with van der Waals surface area (Å²) in [7, 11) is 0. The third-order valence-electron chi connectivity index (χ3n) is 2.62. The van der Waals surface area contributed by atoms with E-state index in [9.17, 15) is 18.0 Å². The number of rotatable bonds is 5. The molecule has 2 aromatic heterocycles. The van der Waals surface area contributed by atoms with Crippen molar-refractivity contribution >= 4 is 11.8 Å². The number of nitrogens with one attached hydrogen (secondary N) is 1. The van der Waals surface area contributed by atoms with Gasteiger partial charge >= 0.3 is 12.1 Å². The van der Waals surface area contributed by atoms with Gasteiger partial charge in [-0.25, -0.2) is 14.8 Å². The molecule has 0 aliphatic carbocycles. The van der Waals surface area contributed by atoms with E-state index in [1.54, 1.807) is 4.57 Å². The van der Waals surface area contributed by atoms with E-state index in [1.807, 2.05) is 0 Å². The van der Waals surface area contributed by atoms with Gasteiger partial charge in [-0.15, -0.1) is 0 Å². The summed E-state index contributed by atoms with van der Waals surface area (Å²) < 4.78 is 38.6. The molecule has 0 saturated carbocycles. The van der Waals surface area contributed by atoms with Crippen LogP contribution in [0, 0.1) is 0 Å². The lowest BCUT2D eigenvalue weighted by atomic mass is 10.3. The van der Waals surface area contributed by atoms with Crippen molar-refractivity contribution in [3.63, 3.8) is 0 Å². The summed E-state index contributed by atoms with van der Waals surface area (Å²) in [4.78, 5) is 18.0. The van der Waals surface area contributed by atoms with Crippen LogP contribution in [0.1, 0.15) is 16.1 Å². The standard InChI is InChI=1S/C12H11F3N4O2/c13-12(14,15)8-1-2-10(17-5-8)16-3-4-19-6-9(11(20)21)18-7-19/h1-2,5-7H,3-4H2,(H,16,17)(H,20,21). The Balaban J connectivity index is 1.87. The molecule has 0 fully saturated rings. The highest BCUT2D eigenvalue weighted by atomic mass is 19.4. The van der Waals surface area contributed by atoms with Crippen molar-refractivity contribution in [3.8, 4) is 0 Å². The molecule has 0 bridgehead atoms. The Kier molecular flexibility index (Phi) is 4.10. The molecule has 0 unspecified atom stereocenters. The smallest absolute Gasteiger partial charge is 0.417 e. The van der Waals surface area contributed by atoms with Crippen LogP contribution in [0.25, 0.3) is 0 Å². The van der Waals surface area contributed by atoms with E-state index in [-0.39, 0.29) is 5.69 Å². The maximum atomic E-state index is 12.3. The van der Waals surface area contributed by atoms with Crippen molar-refractivity contribution in [2.24, 2.45) is 0 Å². The zero-order valence-corrected chi connectivity index (χ0v) is 10.6. The highest BCUT2D eigenvalue weighted by Crippen LogP contribution is 2.28. The van der Waals surface area contributed by atoms with Crippen molar-refractivity contribution in [3.05, 3.63) is 42.1 Å². The van der Waals surface area contributed by atoms with Gasteiger partial charge in [0.15, 0.2) is 5.69 Å². The molecule has 21 heavy (non-hydrogen) atoms. The minimum atomic E-state index is -4.41. The Morgan fingerprint density at radius 1 is 1.33 bits per heavy atom. The number of nitrogens with zero attached hydrogens (tertiary/aromatic N) is 3. The number of carboxylic acids is 1. The number of pyridine rings is 1. The monoisotopic (exact) mass is 300 g/mol. The van der Waals surface area contributed by atoms with Gasteiger partial charge in [0.25, 0.3) is 0 Å². The lowest BCUT2D eigenvalue weighted by Crippen LogP contribution is -2.11. The maximum absolute atomic E-state index is 12.3. The van der Waals surface area contributed by atoms with Crippen LogP contribution in [0.15, 0.2) is 30.9 Å². The average Bonchev–Trinajstić information content (AvgIpc) is 2.87. The van der Waals surface area contributed by atoms with Crippen LogP contribution in [-0.2, 0) is 12.7 Å². The van der Waals surface area contributed by atoms with Gasteiger partial charge in [-0.3, -0.25) is 0 Å². The Bertz CT molecular complexity index is 622. The predicted octanol–water partition coefficient (Wildman–Crippen LogP) is 2.11. The van der Waals surface area contributed by atoms with Crippen LogP contribution in [0.2, 0.25) is 0 Å². The van der Waals surface area contributed by atoms with Crippen LogP contribution in [0.5, 0.6) is 0 Å². The van der Waals surface area contributed by atoms with E-state index in [2.05, 4.69) is 15.3 Å². The van der Waals surface area contributed by atoms with Gasteiger partial charge in [0.1, 0.15) is 5.82 Å². The lowest BCUT2D eigenvalue weighted by molar-refractivity contribution is -0.137. The Morgan fingerprint density at radius 3 is 2.62 bits per heavy atom. The Morgan fingerprint density at radius 2 is 2.10 bits per heavy atom. The first kappa shape index (κ1) is 14.8. The molecule has 0 amide bonds. The Hall–Kier alpha value is -2.58. The SMILES string of the molecule is O=C(O)c1cn(CCNc2ccc(C(F)(F)F)cn2)cn1. The molecular formula is C12H11F3N4O2. The fourth-order valence-corrected chi connectivity index (χ4v) is 1.57. The van der Waals surface area contributed by atoms with Gasteiger partial charge in [0, 0.05) is 25.5 Å². The number of hydrogen-bond acceptors (Lipinski definition) is 4. The third kappa shape index (κ3) is 3.94. The molecule has 0 aromatic carbocycles. The van der Waals surface area contributed by atoms with E-state index >= 15 is 0 Å². The molecule has 0 aliphatic rings. The normalized spacial score (nSPS) is 11.4. The molecule has 2 aromatic rings. The molecule has 0 spiro atoms. The summed E-state index contributed by atoms with van der Waals surface area (Å²) in [6, 6.07) is 2.18. The second-order valence-electron chi connectivity index (χ2n) is 4.16. The third-order valence-corrected chi connectivity index (χ3v) is 2.62. The zero-order chi connectivity index (χ0) is 15.5. The van der Waals surface area contributed by atoms with Crippen LogP contribution < -0.4 is 5.32 Å². The number of alkyl halides is 3. The van der Waals surface area contributed by atoms with Crippen LogP contribution in [-0.4, -0.2) is 32.2 Å². The minimum absolute atomic E-state index is 0.0670. The molecule has 0 saturated heterocycles. The molecule has 2 rings (SSSR count). The Labute approximate surface area is 117 Å². The first-order valence-corrected chi connectivity index (χ1v) is 5.88. The summed E-state index contributed by atoms with van der Waals surface area (Å²) in [5.74, 6) is -0.812. The van der Waals surface area contributed by atoms with Gasteiger partial charge in [-0.1, -0.05) is 0 Å². The molecule has 0 atom stereocenters. The van der Waals surface area contributed by atoms with Gasteiger partial charge < -0.3 is 15.0 Å². The number of aromatic nitrogens is 3. The molecular weight excluding hydrogens is 289 g/mol. The quantitative estimate of drug-likeness (QED) is 0.884. The van der Waals surface area contributed by atoms with Gasteiger partial charge in [0.05, 0.1) is 11.9 Å². The van der Waals surface area contributed by atoms with Gasteiger partial charge in [-0.05, 0) is 12.1 Å². The van der Waals surface area contributed by atoms with E-state index in [4.69, 9.17) is 5.11 Å². The molecule has 0 radical (unpaired) electrons. The fourth-order valence-electron chi connectivity index (χ4n) is 1.57. The zero-order valence-electron chi connectivity index (χ0n) is 10.6. The van der Waals surface area contributed by atoms with Crippen LogP contribution in [0.3, 0.4) is 0 Å². The first-order valence-electron chi connectivity index (χ1n) is 5.88. The number of aromatic carboxylic acids is 1. The number of carboxylic acid groups (broad SMARTS) is 1. The molecule has 0 aliphatic heterocycles. The number of carbonyl (C=O) groups is 1. The highest BCUT2D eigenvalue weighted by Gasteiger charge is 2.30. The molecule has 2 N–H and O–H groups in total. The number of imidazole rings is 1. The van der Waals surface area contributed by atoms with Crippen molar-refractivity contribution in [2.75, 3.05) is 11.9 Å². The predicted molar refractivity (Wildman–Crippen MR) is 66.9 cm³/mol. The number of hydrogen-bond donors (Lipinski definition) is 2. The van der Waals surface area contributed by atoms with Crippen molar-refractivity contribution in [1.29, 1.82) is 0 Å². The van der Waals surface area contributed by atoms with Crippen LogP contribution in [0.4, 0.5) is 19.0 Å². The fraction of sp³-hybridized carbons (Fsp3) is 0.250. The van der Waals surface area contributed by atoms with Crippen molar-refractivity contribution in [1.82, 2.24) is 14.5 Å². The summed E-state index contributed by atoms with van der Waals surface area (Å²) in [5.41, 5.74) is -0.878. The summed E-state index contributed by atoms with van der Waals surface area (Å²) in [6.45, 7) is 0.775. The van der Waals surface area contributed by atoms with Crippen molar-refractivity contribution in [2.45, 2.75) is 12.7 Å². The number of halogens is 3. The molecule has 112 valence electrons.